The van der Waals surface area contributed by atoms with Crippen molar-refractivity contribution in [3.8, 4) is 5.75 Å². The first-order valence-corrected chi connectivity index (χ1v) is 11.2. The molecule has 2 aromatic rings. The summed E-state index contributed by atoms with van der Waals surface area (Å²) in [5.74, 6) is -0.700. The predicted molar refractivity (Wildman–Crippen MR) is 126 cm³/mol. The molecule has 0 aliphatic carbocycles. The maximum absolute atomic E-state index is 12.3. The molecule has 0 aliphatic rings. The van der Waals surface area contributed by atoms with Crippen LogP contribution in [-0.4, -0.2) is 48.4 Å². The Hall–Kier alpha value is -3.17. The Balaban J connectivity index is 0.00000265. The van der Waals surface area contributed by atoms with Crippen molar-refractivity contribution >= 4 is 35.2 Å². The zero-order valence-electron chi connectivity index (χ0n) is 19.2. The lowest BCUT2D eigenvalue weighted by molar-refractivity contribution is -0.145. The minimum Gasteiger partial charge on any atom is -0.493 e. The highest BCUT2D eigenvalue weighted by atomic mass is 32.2. The van der Waals surface area contributed by atoms with E-state index in [1.54, 1.807) is 24.3 Å². The molecular weight excluding hydrogens is 446 g/mol. The smallest absolute Gasteiger partial charge is 0.331 e. The number of ether oxygens (including phenoxy) is 2. The minimum absolute atomic E-state index is 0.0125. The molecular formula is C24H29NO7S. The zero-order valence-corrected chi connectivity index (χ0v) is 20.0. The van der Waals surface area contributed by atoms with Crippen molar-refractivity contribution < 1.29 is 33.8 Å². The Bertz CT molecular complexity index is 925. The van der Waals surface area contributed by atoms with E-state index < -0.39 is 11.9 Å². The van der Waals surface area contributed by atoms with Crippen LogP contribution >= 0.6 is 11.8 Å². The van der Waals surface area contributed by atoms with Gasteiger partial charge in [0, 0.05) is 22.3 Å². The number of carbonyl (C=O) groups is 3. The second-order valence-electron chi connectivity index (χ2n) is 6.23. The summed E-state index contributed by atoms with van der Waals surface area (Å²) in [5.41, 5.74) is 0.534. The van der Waals surface area contributed by atoms with Crippen molar-refractivity contribution in [3.05, 3.63) is 54.1 Å². The highest BCUT2D eigenvalue weighted by molar-refractivity contribution is 7.99. The number of esters is 1. The second-order valence-corrected chi connectivity index (χ2v) is 7.38. The number of nitrogens with zero attached hydrogens (tertiary/aromatic N) is 1. The van der Waals surface area contributed by atoms with Crippen LogP contribution in [0, 0.1) is 0 Å². The van der Waals surface area contributed by atoms with Crippen LogP contribution in [0.15, 0.2) is 63.5 Å². The minimum atomic E-state index is -0.587. The topological polar surface area (TPSA) is 111 Å². The van der Waals surface area contributed by atoms with E-state index in [-0.39, 0.29) is 37.7 Å². The number of hydrogen-bond acceptors (Lipinski definition) is 9. The summed E-state index contributed by atoms with van der Waals surface area (Å²) < 4.78 is 10.3. The molecule has 0 amide bonds. The van der Waals surface area contributed by atoms with Gasteiger partial charge in [-0.3, -0.25) is 9.59 Å². The summed E-state index contributed by atoms with van der Waals surface area (Å²) >= 11 is 1.51. The van der Waals surface area contributed by atoms with E-state index in [0.29, 0.717) is 11.3 Å². The van der Waals surface area contributed by atoms with Gasteiger partial charge in [0.05, 0.1) is 19.6 Å². The van der Waals surface area contributed by atoms with Crippen LogP contribution in [0.5, 0.6) is 5.75 Å². The van der Waals surface area contributed by atoms with Gasteiger partial charge in [0.1, 0.15) is 18.1 Å². The molecule has 0 aromatic heterocycles. The van der Waals surface area contributed by atoms with Gasteiger partial charge in [0.2, 0.25) is 5.78 Å². The van der Waals surface area contributed by atoms with E-state index in [1.165, 1.54) is 25.6 Å². The summed E-state index contributed by atoms with van der Waals surface area (Å²) in [7, 11) is 0. The number of rotatable bonds is 11. The number of aliphatic hydroxyl groups excluding tert-OH is 1. The van der Waals surface area contributed by atoms with Gasteiger partial charge in [0.25, 0.3) is 0 Å². The molecule has 9 heteroatoms. The van der Waals surface area contributed by atoms with Crippen molar-refractivity contribution in [2.75, 3.05) is 19.8 Å². The van der Waals surface area contributed by atoms with Gasteiger partial charge in [-0.2, -0.15) is 0 Å². The molecule has 0 radical (unpaired) electrons. The van der Waals surface area contributed by atoms with Crippen molar-refractivity contribution in [1.82, 2.24) is 0 Å². The van der Waals surface area contributed by atoms with Crippen LogP contribution < -0.4 is 4.74 Å². The quantitative estimate of drug-likeness (QED) is 0.168. The number of hydrogen-bond donors (Lipinski definition) is 1. The molecule has 0 atom stereocenters. The Labute approximate surface area is 197 Å². The molecule has 2 rings (SSSR count). The molecule has 0 aliphatic heterocycles. The molecule has 0 heterocycles. The Morgan fingerprint density at radius 1 is 0.909 bits per heavy atom. The molecule has 0 saturated heterocycles. The molecule has 8 nitrogen and oxygen atoms in total. The molecule has 1 N–H and O–H groups in total. The number of benzene rings is 2. The first-order chi connectivity index (χ1) is 15.9. The van der Waals surface area contributed by atoms with Gasteiger partial charge in [-0.1, -0.05) is 30.8 Å². The fourth-order valence-electron chi connectivity index (χ4n) is 2.28. The Morgan fingerprint density at radius 3 is 2.03 bits per heavy atom. The lowest BCUT2D eigenvalue weighted by atomic mass is 10.1. The van der Waals surface area contributed by atoms with E-state index in [1.807, 2.05) is 38.1 Å². The maximum atomic E-state index is 12.3. The number of carbonyl (C=O) groups excluding carboxylic acids is 3. The normalized spacial score (nSPS) is 10.5. The zero-order chi connectivity index (χ0) is 24.6. The highest BCUT2D eigenvalue weighted by Crippen LogP contribution is 2.29. The number of aliphatic hydroxyl groups is 1. The Morgan fingerprint density at radius 2 is 1.48 bits per heavy atom. The number of oxime groups is 1. The summed E-state index contributed by atoms with van der Waals surface area (Å²) in [4.78, 5) is 40.8. The molecule has 0 bridgehead atoms. The summed E-state index contributed by atoms with van der Waals surface area (Å²) in [6, 6.07) is 14.4. The van der Waals surface area contributed by atoms with E-state index in [4.69, 9.17) is 14.6 Å². The standard InChI is InChI=1S/C22H23NO7S.C2H6/c1-15(23-30-16(2)25)22(27)17-3-7-19(8-4-17)31-20-9-5-18(6-10-20)28-13-11-21(26)29-14-12-24;1-2/h3-10,24H,11-14H2,1-2H3;1-2H3/b23-15+;. The molecule has 2 aromatic carbocycles. The highest BCUT2D eigenvalue weighted by Gasteiger charge is 2.11. The number of ketones is 1. The fourth-order valence-corrected chi connectivity index (χ4v) is 3.10. The van der Waals surface area contributed by atoms with Crippen molar-refractivity contribution in [2.45, 2.75) is 43.9 Å². The average molecular weight is 476 g/mol. The van der Waals surface area contributed by atoms with E-state index in [9.17, 15) is 14.4 Å². The van der Waals surface area contributed by atoms with Gasteiger partial charge in [-0.05, 0) is 55.5 Å². The maximum Gasteiger partial charge on any atom is 0.331 e. The van der Waals surface area contributed by atoms with Gasteiger partial charge >= 0.3 is 11.9 Å². The lowest BCUT2D eigenvalue weighted by Gasteiger charge is -2.08. The van der Waals surface area contributed by atoms with Gasteiger partial charge < -0.3 is 19.4 Å². The van der Waals surface area contributed by atoms with Crippen LogP contribution in [-0.2, 0) is 19.2 Å². The summed E-state index contributed by atoms with van der Waals surface area (Å²) in [6.45, 7) is 6.67. The largest absolute Gasteiger partial charge is 0.493 e. The third-order valence-corrected chi connectivity index (χ3v) is 4.76. The van der Waals surface area contributed by atoms with Gasteiger partial charge in [-0.15, -0.1) is 0 Å². The molecule has 0 fully saturated rings. The first kappa shape index (κ1) is 27.9. The lowest BCUT2D eigenvalue weighted by Crippen LogP contribution is -2.12. The van der Waals surface area contributed by atoms with Crippen molar-refractivity contribution in [3.63, 3.8) is 0 Å². The third kappa shape index (κ3) is 10.8. The molecule has 0 spiro atoms. The average Bonchev–Trinajstić information content (AvgIpc) is 2.83. The van der Waals surface area contributed by atoms with E-state index in [2.05, 4.69) is 9.99 Å². The molecule has 33 heavy (non-hydrogen) atoms. The second kappa shape index (κ2) is 15.6. The summed E-state index contributed by atoms with van der Waals surface area (Å²) in [5, 5.41) is 12.1. The first-order valence-electron chi connectivity index (χ1n) is 10.4. The molecule has 178 valence electrons. The van der Waals surface area contributed by atoms with Crippen molar-refractivity contribution in [2.24, 2.45) is 5.16 Å². The SMILES string of the molecule is CC.CC(=O)O/N=C(\C)C(=O)c1ccc(Sc2ccc(OCCC(=O)OCCO)cc2)cc1. The van der Waals surface area contributed by atoms with Gasteiger partial charge in [0.15, 0.2) is 0 Å². The summed E-state index contributed by atoms with van der Waals surface area (Å²) in [6.07, 6.45) is 0.104. The van der Waals surface area contributed by atoms with Crippen LogP contribution in [0.1, 0.15) is 44.5 Å². The fraction of sp³-hybridized carbons (Fsp3) is 0.333. The molecule has 0 saturated carbocycles. The predicted octanol–water partition coefficient (Wildman–Crippen LogP) is 4.29. The van der Waals surface area contributed by atoms with Crippen LogP contribution in [0.25, 0.3) is 0 Å². The van der Waals surface area contributed by atoms with E-state index in [0.717, 1.165) is 9.79 Å². The van der Waals surface area contributed by atoms with Crippen LogP contribution in [0.2, 0.25) is 0 Å². The van der Waals surface area contributed by atoms with Crippen LogP contribution in [0.3, 0.4) is 0 Å². The third-order valence-electron chi connectivity index (χ3n) is 3.74. The number of Topliss-reactive ketones (excluding diaryl/α,β-unsaturated/α-hetero) is 1. The molecule has 0 unspecified atom stereocenters. The van der Waals surface area contributed by atoms with Gasteiger partial charge in [-0.25, -0.2) is 4.79 Å². The monoisotopic (exact) mass is 475 g/mol. The van der Waals surface area contributed by atoms with Crippen molar-refractivity contribution in [1.29, 1.82) is 0 Å². The Kier molecular flexibility index (Phi) is 13.2. The van der Waals surface area contributed by atoms with Crippen LogP contribution in [0.4, 0.5) is 0 Å². The van der Waals surface area contributed by atoms with E-state index >= 15 is 0 Å².